The number of carbonyl (C=O) groups is 1. The molecule has 1 N–H and O–H groups in total. The fourth-order valence-corrected chi connectivity index (χ4v) is 3.67. The van der Waals surface area contributed by atoms with E-state index >= 15 is 0 Å². The average molecular weight is 315 g/mol. The number of benzene rings is 1. The Labute approximate surface area is 132 Å². The standard InChI is InChI=1S/C16H17N3O2S/c1-18(8-11-7-17-19(2)9-11)10-13-12-5-3-4-6-14(12)22-15(13)16(20)21/h3-7,9H,8,10H2,1-2H3,(H,20,21). The highest BCUT2D eigenvalue weighted by molar-refractivity contribution is 7.21. The normalized spacial score (nSPS) is 11.4. The summed E-state index contributed by atoms with van der Waals surface area (Å²) < 4.78 is 2.79. The van der Waals surface area contributed by atoms with E-state index in [1.54, 1.807) is 4.68 Å². The maximum absolute atomic E-state index is 11.5. The Morgan fingerprint density at radius 2 is 2.14 bits per heavy atom. The third kappa shape index (κ3) is 2.88. The molecule has 22 heavy (non-hydrogen) atoms. The number of hydrogen-bond acceptors (Lipinski definition) is 4. The van der Waals surface area contributed by atoms with Crippen LogP contribution in [0.15, 0.2) is 36.7 Å². The van der Waals surface area contributed by atoms with Crippen LogP contribution in [0.25, 0.3) is 10.1 Å². The summed E-state index contributed by atoms with van der Waals surface area (Å²) >= 11 is 1.34. The van der Waals surface area contributed by atoms with Crippen molar-refractivity contribution >= 4 is 27.4 Å². The largest absolute Gasteiger partial charge is 0.477 e. The SMILES string of the molecule is CN(Cc1cnn(C)c1)Cc1c(C(=O)O)sc2ccccc12. The molecule has 0 fully saturated rings. The van der Waals surface area contributed by atoms with Gasteiger partial charge in [-0.2, -0.15) is 5.10 Å². The monoisotopic (exact) mass is 315 g/mol. The Kier molecular flexibility index (Phi) is 3.96. The Hall–Kier alpha value is -2.18. The maximum Gasteiger partial charge on any atom is 0.346 e. The number of aromatic carboxylic acids is 1. The van der Waals surface area contributed by atoms with Crippen LogP contribution in [-0.4, -0.2) is 32.8 Å². The molecule has 3 rings (SSSR count). The summed E-state index contributed by atoms with van der Waals surface area (Å²) in [7, 11) is 3.88. The highest BCUT2D eigenvalue weighted by Crippen LogP contribution is 2.32. The number of nitrogens with zero attached hydrogens (tertiary/aromatic N) is 3. The van der Waals surface area contributed by atoms with Crippen LogP contribution in [0.1, 0.15) is 20.8 Å². The minimum absolute atomic E-state index is 0.430. The minimum atomic E-state index is -0.856. The van der Waals surface area contributed by atoms with E-state index in [0.29, 0.717) is 11.4 Å². The molecule has 0 amide bonds. The second-order valence-electron chi connectivity index (χ2n) is 5.41. The highest BCUT2D eigenvalue weighted by Gasteiger charge is 2.18. The smallest absolute Gasteiger partial charge is 0.346 e. The molecule has 2 aromatic heterocycles. The maximum atomic E-state index is 11.5. The molecule has 0 radical (unpaired) electrons. The van der Waals surface area contributed by atoms with Crippen molar-refractivity contribution in [3.63, 3.8) is 0 Å². The first-order valence-corrected chi connectivity index (χ1v) is 7.76. The molecule has 6 heteroatoms. The second-order valence-corrected chi connectivity index (χ2v) is 6.46. The first kappa shape index (κ1) is 14.7. The van der Waals surface area contributed by atoms with Crippen molar-refractivity contribution in [1.29, 1.82) is 0 Å². The zero-order chi connectivity index (χ0) is 15.7. The summed E-state index contributed by atoms with van der Waals surface area (Å²) in [6.45, 7) is 1.33. The lowest BCUT2D eigenvalue weighted by Crippen LogP contribution is -2.18. The third-order valence-electron chi connectivity index (χ3n) is 3.53. The summed E-state index contributed by atoms with van der Waals surface area (Å²) in [5, 5.41) is 14.6. The first-order chi connectivity index (χ1) is 10.5. The topological polar surface area (TPSA) is 58.4 Å². The van der Waals surface area contributed by atoms with Gasteiger partial charge in [0.15, 0.2) is 0 Å². The molecule has 0 saturated heterocycles. The fraction of sp³-hybridized carbons (Fsp3) is 0.250. The molecule has 114 valence electrons. The summed E-state index contributed by atoms with van der Waals surface area (Å²) in [6.07, 6.45) is 3.81. The third-order valence-corrected chi connectivity index (χ3v) is 4.73. The van der Waals surface area contributed by atoms with E-state index in [4.69, 9.17) is 0 Å². The fourth-order valence-electron chi connectivity index (χ4n) is 2.62. The number of thiophene rings is 1. The summed E-state index contributed by atoms with van der Waals surface area (Å²) in [4.78, 5) is 14.1. The number of aromatic nitrogens is 2. The number of aryl methyl sites for hydroxylation is 1. The highest BCUT2D eigenvalue weighted by atomic mass is 32.1. The molecular formula is C16H17N3O2S. The Balaban J connectivity index is 1.88. The number of carboxylic acids is 1. The van der Waals surface area contributed by atoms with Gasteiger partial charge in [-0.05, 0) is 24.1 Å². The minimum Gasteiger partial charge on any atom is -0.477 e. The number of carboxylic acid groups (broad SMARTS) is 1. The van der Waals surface area contributed by atoms with Crippen LogP contribution in [0, 0.1) is 0 Å². The summed E-state index contributed by atoms with van der Waals surface area (Å²) in [5.74, 6) is -0.856. The van der Waals surface area contributed by atoms with Gasteiger partial charge in [-0.1, -0.05) is 18.2 Å². The average Bonchev–Trinajstić information content (AvgIpc) is 3.03. The molecule has 0 aliphatic heterocycles. The van der Waals surface area contributed by atoms with E-state index in [9.17, 15) is 9.90 Å². The lowest BCUT2D eigenvalue weighted by atomic mass is 10.1. The van der Waals surface area contributed by atoms with Crippen LogP contribution in [0.5, 0.6) is 0 Å². The molecule has 3 aromatic rings. The lowest BCUT2D eigenvalue weighted by Gasteiger charge is -2.16. The molecule has 0 spiro atoms. The van der Waals surface area contributed by atoms with Crippen molar-refractivity contribution in [3.05, 3.63) is 52.7 Å². The quantitative estimate of drug-likeness (QED) is 0.786. The van der Waals surface area contributed by atoms with E-state index in [2.05, 4.69) is 10.00 Å². The van der Waals surface area contributed by atoms with E-state index in [0.717, 1.165) is 27.8 Å². The van der Waals surface area contributed by atoms with Crippen molar-refractivity contribution in [1.82, 2.24) is 14.7 Å². The Morgan fingerprint density at radius 1 is 1.36 bits per heavy atom. The van der Waals surface area contributed by atoms with Crippen molar-refractivity contribution in [2.75, 3.05) is 7.05 Å². The lowest BCUT2D eigenvalue weighted by molar-refractivity contribution is 0.0700. The van der Waals surface area contributed by atoms with Gasteiger partial charge in [-0.3, -0.25) is 9.58 Å². The summed E-state index contributed by atoms with van der Waals surface area (Å²) in [6, 6.07) is 7.85. The first-order valence-electron chi connectivity index (χ1n) is 6.94. The van der Waals surface area contributed by atoms with Gasteiger partial charge in [0.2, 0.25) is 0 Å². The van der Waals surface area contributed by atoms with Crippen LogP contribution in [0.3, 0.4) is 0 Å². The van der Waals surface area contributed by atoms with Crippen LogP contribution >= 0.6 is 11.3 Å². The van der Waals surface area contributed by atoms with E-state index < -0.39 is 5.97 Å². The van der Waals surface area contributed by atoms with Crippen molar-refractivity contribution in [2.24, 2.45) is 7.05 Å². The van der Waals surface area contributed by atoms with Crippen LogP contribution < -0.4 is 0 Å². The van der Waals surface area contributed by atoms with Crippen LogP contribution in [0.4, 0.5) is 0 Å². The zero-order valence-corrected chi connectivity index (χ0v) is 13.3. The predicted molar refractivity (Wildman–Crippen MR) is 87.2 cm³/mol. The summed E-state index contributed by atoms with van der Waals surface area (Å²) in [5.41, 5.74) is 2.00. The molecule has 0 saturated carbocycles. The van der Waals surface area contributed by atoms with Crippen LogP contribution in [-0.2, 0) is 20.1 Å². The molecule has 0 unspecified atom stereocenters. The van der Waals surface area contributed by atoms with E-state index in [1.807, 2.05) is 50.8 Å². The second kappa shape index (κ2) is 5.90. The van der Waals surface area contributed by atoms with Gasteiger partial charge < -0.3 is 5.11 Å². The Bertz CT molecular complexity index is 822. The molecule has 0 atom stereocenters. The van der Waals surface area contributed by atoms with Gasteiger partial charge >= 0.3 is 5.97 Å². The molecule has 0 aliphatic carbocycles. The van der Waals surface area contributed by atoms with Gasteiger partial charge in [0.05, 0.1) is 6.20 Å². The zero-order valence-electron chi connectivity index (χ0n) is 12.5. The van der Waals surface area contributed by atoms with E-state index in [-0.39, 0.29) is 0 Å². The van der Waals surface area contributed by atoms with Gasteiger partial charge in [0.25, 0.3) is 0 Å². The van der Waals surface area contributed by atoms with Gasteiger partial charge in [0, 0.05) is 36.6 Å². The molecule has 1 aromatic carbocycles. The van der Waals surface area contributed by atoms with E-state index in [1.165, 1.54) is 11.3 Å². The molecule has 5 nitrogen and oxygen atoms in total. The van der Waals surface area contributed by atoms with Crippen molar-refractivity contribution in [3.8, 4) is 0 Å². The van der Waals surface area contributed by atoms with Crippen LogP contribution in [0.2, 0.25) is 0 Å². The van der Waals surface area contributed by atoms with Gasteiger partial charge in [-0.15, -0.1) is 11.3 Å². The molecular weight excluding hydrogens is 298 g/mol. The Morgan fingerprint density at radius 3 is 2.82 bits per heavy atom. The molecule has 0 bridgehead atoms. The number of fused-ring (bicyclic) bond motifs is 1. The van der Waals surface area contributed by atoms with Gasteiger partial charge in [-0.25, -0.2) is 4.79 Å². The molecule has 0 aliphatic rings. The predicted octanol–water partition coefficient (Wildman–Crippen LogP) is 2.97. The number of hydrogen-bond donors (Lipinski definition) is 1. The molecule has 2 heterocycles. The van der Waals surface area contributed by atoms with Crippen molar-refractivity contribution < 1.29 is 9.90 Å². The van der Waals surface area contributed by atoms with Crippen molar-refractivity contribution in [2.45, 2.75) is 13.1 Å². The number of rotatable bonds is 5. The van der Waals surface area contributed by atoms with Gasteiger partial charge in [0.1, 0.15) is 4.88 Å².